The van der Waals surface area contributed by atoms with Crippen LogP contribution in [0.2, 0.25) is 0 Å². The Kier molecular flexibility index (Phi) is 5.87. The number of nitrogens with zero attached hydrogens (tertiary/aromatic N) is 2. The molecule has 2 fully saturated rings. The van der Waals surface area contributed by atoms with Gasteiger partial charge in [0.2, 0.25) is 0 Å². The van der Waals surface area contributed by atoms with Crippen molar-refractivity contribution in [1.29, 1.82) is 0 Å². The van der Waals surface area contributed by atoms with Gasteiger partial charge in [-0.1, -0.05) is 48.5 Å². The van der Waals surface area contributed by atoms with Crippen LogP contribution in [0.5, 0.6) is 0 Å². The zero-order chi connectivity index (χ0) is 25.6. The second-order valence-corrected chi connectivity index (χ2v) is 11.1. The Hall–Kier alpha value is -3.74. The van der Waals surface area contributed by atoms with Crippen molar-refractivity contribution in [2.45, 2.75) is 63.7 Å². The Bertz CT molecular complexity index is 1580. The summed E-state index contributed by atoms with van der Waals surface area (Å²) in [6.45, 7) is 4.47. The number of aromatic amines is 2. The summed E-state index contributed by atoms with van der Waals surface area (Å²) in [4.78, 5) is 16.4. The highest BCUT2D eigenvalue weighted by Crippen LogP contribution is 2.32. The number of benzene rings is 3. The van der Waals surface area contributed by atoms with Crippen molar-refractivity contribution >= 4 is 10.8 Å². The van der Waals surface area contributed by atoms with Crippen molar-refractivity contribution < 1.29 is 0 Å². The van der Waals surface area contributed by atoms with E-state index in [1.54, 1.807) is 0 Å². The first-order chi connectivity index (χ1) is 18.6. The van der Waals surface area contributed by atoms with E-state index < -0.39 is 0 Å². The minimum Gasteiger partial charge on any atom is -0.341 e. The molecule has 2 aliphatic rings. The van der Waals surface area contributed by atoms with E-state index in [1.165, 1.54) is 40.3 Å². The first kappa shape index (κ1) is 23.4. The molecule has 0 bridgehead atoms. The molecule has 5 aromatic rings. The lowest BCUT2D eigenvalue weighted by molar-refractivity contribution is 0.564. The van der Waals surface area contributed by atoms with Gasteiger partial charge in [-0.25, -0.2) is 9.97 Å². The van der Waals surface area contributed by atoms with E-state index in [0.29, 0.717) is 24.2 Å². The summed E-state index contributed by atoms with van der Waals surface area (Å²) in [7, 11) is 0. The summed E-state index contributed by atoms with van der Waals surface area (Å²) in [5, 5.41) is 9.68. The first-order valence-electron chi connectivity index (χ1n) is 13.9. The zero-order valence-corrected chi connectivity index (χ0v) is 22.0. The molecule has 0 saturated carbocycles. The molecule has 0 radical (unpaired) electrons. The van der Waals surface area contributed by atoms with E-state index in [4.69, 9.17) is 0 Å². The fourth-order valence-corrected chi connectivity index (χ4v) is 6.04. The average Bonchev–Trinajstić information content (AvgIpc) is 3.75. The fraction of sp³-hybridized carbons (Fsp3) is 0.312. The summed E-state index contributed by atoms with van der Waals surface area (Å²) in [6, 6.07) is 23.9. The predicted octanol–water partition coefficient (Wildman–Crippen LogP) is 6.91. The highest BCUT2D eigenvalue weighted by atomic mass is 15.1. The maximum atomic E-state index is 4.67. The van der Waals surface area contributed by atoms with Crippen LogP contribution in [-0.4, -0.2) is 32.0 Å². The summed E-state index contributed by atoms with van der Waals surface area (Å²) >= 11 is 0. The molecule has 0 aliphatic carbocycles. The van der Waals surface area contributed by atoms with Crippen molar-refractivity contribution in [2.75, 3.05) is 0 Å². The Morgan fingerprint density at radius 2 is 1.03 bits per heavy atom. The number of hydrogen-bond acceptors (Lipinski definition) is 4. The summed E-state index contributed by atoms with van der Waals surface area (Å²) < 4.78 is 0. The summed E-state index contributed by atoms with van der Waals surface area (Å²) in [5.41, 5.74) is 6.90. The number of fused-ring (bicyclic) bond motifs is 1. The average molecular weight is 503 g/mol. The smallest absolute Gasteiger partial charge is 0.123 e. The van der Waals surface area contributed by atoms with Crippen LogP contribution in [0.25, 0.3) is 44.4 Å². The van der Waals surface area contributed by atoms with Gasteiger partial charge >= 0.3 is 0 Å². The Morgan fingerprint density at radius 1 is 0.553 bits per heavy atom. The standard InChI is InChI=1S/C32H34N6/c1-19-3-13-27(35-19)31-33-17-29(37-31)22-7-5-21(6-8-22)23-9-10-25-16-26(12-11-24(25)15-23)30-18-34-32(38-30)28-14-4-20(2)36-28/h5-12,15-20,27-28,35-36H,3-4,13-14H2,1-2H3,(H,33,37)(H,34,38). The van der Waals surface area contributed by atoms with Gasteiger partial charge in [0.1, 0.15) is 11.6 Å². The van der Waals surface area contributed by atoms with Crippen molar-refractivity contribution in [1.82, 2.24) is 30.6 Å². The molecule has 192 valence electrons. The van der Waals surface area contributed by atoms with Gasteiger partial charge < -0.3 is 20.6 Å². The third-order valence-electron chi connectivity index (χ3n) is 8.28. The van der Waals surface area contributed by atoms with Crippen LogP contribution in [0.4, 0.5) is 0 Å². The monoisotopic (exact) mass is 502 g/mol. The van der Waals surface area contributed by atoms with Gasteiger partial charge in [-0.3, -0.25) is 0 Å². The lowest BCUT2D eigenvalue weighted by Gasteiger charge is -2.09. The highest BCUT2D eigenvalue weighted by molar-refractivity contribution is 5.90. The number of H-pyrrole nitrogens is 2. The maximum absolute atomic E-state index is 4.67. The largest absolute Gasteiger partial charge is 0.341 e. The number of nitrogens with one attached hydrogen (secondary N) is 4. The lowest BCUT2D eigenvalue weighted by Crippen LogP contribution is -2.21. The molecule has 2 aliphatic heterocycles. The summed E-state index contributed by atoms with van der Waals surface area (Å²) in [5.74, 6) is 2.08. The van der Waals surface area contributed by atoms with E-state index in [2.05, 4.69) is 105 Å². The van der Waals surface area contributed by atoms with Crippen LogP contribution in [0.3, 0.4) is 0 Å². The Morgan fingerprint density at radius 3 is 1.58 bits per heavy atom. The number of rotatable bonds is 5. The van der Waals surface area contributed by atoms with Gasteiger partial charge in [-0.05, 0) is 79.1 Å². The van der Waals surface area contributed by atoms with Crippen LogP contribution in [0, 0.1) is 0 Å². The van der Waals surface area contributed by atoms with E-state index >= 15 is 0 Å². The third-order valence-corrected chi connectivity index (χ3v) is 8.28. The zero-order valence-electron chi connectivity index (χ0n) is 22.0. The lowest BCUT2D eigenvalue weighted by atomic mass is 9.98. The minimum absolute atomic E-state index is 0.330. The summed E-state index contributed by atoms with van der Waals surface area (Å²) in [6.07, 6.45) is 8.58. The van der Waals surface area contributed by atoms with Crippen molar-refractivity contribution in [3.8, 4) is 33.6 Å². The van der Waals surface area contributed by atoms with E-state index in [0.717, 1.165) is 41.4 Å². The quantitative estimate of drug-likeness (QED) is 0.210. The van der Waals surface area contributed by atoms with Crippen LogP contribution in [0.1, 0.15) is 63.3 Å². The number of hydrogen-bond donors (Lipinski definition) is 4. The molecule has 4 N–H and O–H groups in total. The van der Waals surface area contributed by atoms with E-state index in [1.807, 2.05) is 12.4 Å². The van der Waals surface area contributed by atoms with Crippen molar-refractivity contribution in [3.05, 3.63) is 84.7 Å². The SMILES string of the molecule is CC1CCC(c2ncc(-c3ccc(-c4ccc5cc(-c6cnc(C7CCC(C)N7)[nH]6)ccc5c4)cc3)[nH]2)N1. The molecule has 38 heavy (non-hydrogen) atoms. The molecule has 6 nitrogen and oxygen atoms in total. The number of aromatic nitrogens is 4. The molecule has 4 atom stereocenters. The van der Waals surface area contributed by atoms with Gasteiger partial charge in [0.05, 0.1) is 35.9 Å². The van der Waals surface area contributed by atoms with Crippen molar-refractivity contribution in [2.24, 2.45) is 0 Å². The van der Waals surface area contributed by atoms with Crippen LogP contribution >= 0.6 is 0 Å². The third kappa shape index (κ3) is 4.44. The van der Waals surface area contributed by atoms with E-state index in [9.17, 15) is 0 Å². The molecule has 6 heteroatoms. The topological polar surface area (TPSA) is 81.4 Å². The van der Waals surface area contributed by atoms with Gasteiger partial charge in [0.25, 0.3) is 0 Å². The molecule has 2 aromatic heterocycles. The molecule has 4 heterocycles. The molecule has 7 rings (SSSR count). The first-order valence-corrected chi connectivity index (χ1v) is 13.9. The molecular weight excluding hydrogens is 468 g/mol. The van der Waals surface area contributed by atoms with Crippen LogP contribution in [0.15, 0.2) is 73.1 Å². The minimum atomic E-state index is 0.330. The Labute approximate surface area is 223 Å². The van der Waals surface area contributed by atoms with Gasteiger partial charge in [0.15, 0.2) is 0 Å². The second-order valence-electron chi connectivity index (χ2n) is 11.1. The molecule has 2 saturated heterocycles. The van der Waals surface area contributed by atoms with Crippen molar-refractivity contribution in [3.63, 3.8) is 0 Å². The maximum Gasteiger partial charge on any atom is 0.123 e. The molecule has 4 unspecified atom stereocenters. The van der Waals surface area contributed by atoms with Gasteiger partial charge in [0, 0.05) is 17.6 Å². The predicted molar refractivity (Wildman–Crippen MR) is 154 cm³/mol. The normalized spacial score (nSPS) is 23.4. The van der Waals surface area contributed by atoms with Crippen LogP contribution in [-0.2, 0) is 0 Å². The van der Waals surface area contributed by atoms with Crippen LogP contribution < -0.4 is 10.6 Å². The van der Waals surface area contributed by atoms with Gasteiger partial charge in [-0.15, -0.1) is 0 Å². The highest BCUT2D eigenvalue weighted by Gasteiger charge is 2.25. The molecule has 0 amide bonds. The van der Waals surface area contributed by atoms with E-state index in [-0.39, 0.29) is 0 Å². The molecular formula is C32H34N6. The van der Waals surface area contributed by atoms with Gasteiger partial charge in [-0.2, -0.15) is 0 Å². The Balaban J connectivity index is 1.09. The molecule has 0 spiro atoms. The molecule has 3 aromatic carbocycles. The fourth-order valence-electron chi connectivity index (χ4n) is 6.04. The number of imidazole rings is 2. The second kappa shape index (κ2) is 9.53.